The zero-order valence-electron chi connectivity index (χ0n) is 50.2. The first-order valence-corrected chi connectivity index (χ1v) is 32.1. The van der Waals surface area contributed by atoms with Crippen LogP contribution in [0.4, 0.5) is 0 Å². The van der Waals surface area contributed by atoms with E-state index in [1.54, 1.807) is 6.08 Å². The minimum Gasteiger partial charge on any atom is -0.454 e. The Morgan fingerprint density at radius 3 is 1.41 bits per heavy atom. The lowest BCUT2D eigenvalue weighted by Crippen LogP contribution is -2.61. The van der Waals surface area contributed by atoms with Crippen LogP contribution in [0.15, 0.2) is 97.2 Å². The van der Waals surface area contributed by atoms with Crippen molar-refractivity contribution in [2.45, 2.75) is 307 Å². The van der Waals surface area contributed by atoms with E-state index >= 15 is 0 Å². The van der Waals surface area contributed by atoms with Gasteiger partial charge in [-0.15, -0.1) is 0 Å². The van der Waals surface area contributed by atoms with Gasteiger partial charge < -0.3 is 45.1 Å². The van der Waals surface area contributed by atoms with E-state index in [0.29, 0.717) is 12.8 Å². The Labute approximate surface area is 482 Å². The van der Waals surface area contributed by atoms with Crippen molar-refractivity contribution in [1.82, 2.24) is 5.32 Å². The zero-order chi connectivity index (χ0) is 57.5. The molecule has 1 amide bonds. The summed E-state index contributed by atoms with van der Waals surface area (Å²) in [6.07, 6.45) is 63.1. The average molecular weight is 1110 g/mol. The molecule has 0 bridgehead atoms. The molecule has 0 aliphatic carbocycles. The van der Waals surface area contributed by atoms with E-state index in [2.05, 4.69) is 44.3 Å². The minimum atomic E-state index is -1.63. The van der Waals surface area contributed by atoms with Crippen molar-refractivity contribution < 1.29 is 49.3 Å². The molecule has 0 aromatic heterocycles. The van der Waals surface area contributed by atoms with Gasteiger partial charge in [-0.3, -0.25) is 9.59 Å². The van der Waals surface area contributed by atoms with Crippen molar-refractivity contribution in [2.24, 2.45) is 0 Å². The Morgan fingerprint density at radius 2 is 0.924 bits per heavy atom. The molecule has 1 aliphatic heterocycles. The maximum atomic E-state index is 13.4. The van der Waals surface area contributed by atoms with Crippen LogP contribution < -0.4 is 5.32 Å². The summed E-state index contributed by atoms with van der Waals surface area (Å²) in [7, 11) is 0. The van der Waals surface area contributed by atoms with Crippen LogP contribution in [0, 0.1) is 0 Å². The summed E-state index contributed by atoms with van der Waals surface area (Å²) < 4.78 is 17.6. The Morgan fingerprint density at radius 1 is 0.506 bits per heavy atom. The quantitative estimate of drug-likeness (QED) is 0.0149. The number of rotatable bonds is 53. The van der Waals surface area contributed by atoms with Crippen molar-refractivity contribution in [3.05, 3.63) is 97.2 Å². The van der Waals surface area contributed by atoms with Crippen LogP contribution in [0.1, 0.15) is 258 Å². The number of unbranched alkanes of at least 4 members (excludes halogenated alkanes) is 30. The normalized spacial score (nSPS) is 19.5. The monoisotopic (exact) mass is 1110 g/mol. The second kappa shape index (κ2) is 55.1. The van der Waals surface area contributed by atoms with Gasteiger partial charge >= 0.3 is 5.97 Å². The molecule has 0 aromatic carbocycles. The Kier molecular flexibility index (Phi) is 51.4. The smallest absolute Gasteiger partial charge is 0.306 e. The van der Waals surface area contributed by atoms with E-state index in [4.69, 9.17) is 14.2 Å². The molecule has 11 nitrogen and oxygen atoms in total. The van der Waals surface area contributed by atoms with E-state index in [0.717, 1.165) is 64.2 Å². The second-order valence-electron chi connectivity index (χ2n) is 21.9. The van der Waals surface area contributed by atoms with E-state index in [9.17, 15) is 35.1 Å². The fraction of sp³-hybridized carbons (Fsp3) is 0.735. The SMILES string of the molecule is CC\C=C/C=C/C=C/C=C\C=C\C=C\CCCCC(O)C(=O)NC(COC1OC(CO)C(O)C(O)C1OC(=O)CCCCCCCCCCCCCCC/C=C/CCCCCCCC)C(O)/C=C/CCCCCCCCCCC. The number of allylic oxidation sites excluding steroid dienone is 15. The van der Waals surface area contributed by atoms with E-state index in [1.165, 1.54) is 148 Å². The van der Waals surface area contributed by atoms with Gasteiger partial charge in [-0.2, -0.15) is 0 Å². The largest absolute Gasteiger partial charge is 0.454 e. The van der Waals surface area contributed by atoms with Crippen molar-refractivity contribution in [2.75, 3.05) is 13.2 Å². The van der Waals surface area contributed by atoms with Crippen LogP contribution in [0.3, 0.4) is 0 Å². The Balaban J connectivity index is 2.64. The van der Waals surface area contributed by atoms with Crippen LogP contribution >= 0.6 is 0 Å². The molecule has 1 aliphatic rings. The number of carbonyl (C=O) groups is 2. The number of amides is 1. The molecule has 0 spiro atoms. The fourth-order valence-electron chi connectivity index (χ4n) is 9.56. The van der Waals surface area contributed by atoms with Crippen molar-refractivity contribution in [1.29, 1.82) is 0 Å². The third-order valence-corrected chi connectivity index (χ3v) is 14.6. The molecule has 1 heterocycles. The van der Waals surface area contributed by atoms with Crippen molar-refractivity contribution in [3.8, 4) is 0 Å². The molecule has 11 heteroatoms. The van der Waals surface area contributed by atoms with Crippen LogP contribution in [0.5, 0.6) is 0 Å². The van der Waals surface area contributed by atoms with Gasteiger partial charge in [0.1, 0.15) is 24.4 Å². The van der Waals surface area contributed by atoms with E-state index in [1.807, 2.05) is 72.9 Å². The number of esters is 1. The highest BCUT2D eigenvalue weighted by Crippen LogP contribution is 2.26. The summed E-state index contributed by atoms with van der Waals surface area (Å²) in [5, 5.41) is 56.9. The molecule has 1 fully saturated rings. The van der Waals surface area contributed by atoms with Gasteiger partial charge in [-0.05, 0) is 70.6 Å². The van der Waals surface area contributed by atoms with Gasteiger partial charge in [-0.25, -0.2) is 0 Å². The number of aliphatic hydroxyl groups excluding tert-OH is 5. The predicted molar refractivity (Wildman–Crippen MR) is 329 cm³/mol. The molecule has 1 rings (SSSR count). The number of ether oxygens (including phenoxy) is 3. The van der Waals surface area contributed by atoms with Gasteiger partial charge in [0.15, 0.2) is 12.4 Å². The molecule has 0 aromatic rings. The fourth-order valence-corrected chi connectivity index (χ4v) is 9.56. The highest BCUT2D eigenvalue weighted by Gasteiger charge is 2.47. The van der Waals surface area contributed by atoms with Crippen molar-refractivity contribution in [3.63, 3.8) is 0 Å². The third kappa shape index (κ3) is 43.0. The van der Waals surface area contributed by atoms with Gasteiger partial charge in [-0.1, -0.05) is 279 Å². The molecule has 6 N–H and O–H groups in total. The van der Waals surface area contributed by atoms with Crippen LogP contribution in [-0.4, -0.2) is 99.6 Å². The zero-order valence-corrected chi connectivity index (χ0v) is 50.2. The van der Waals surface area contributed by atoms with Gasteiger partial charge in [0.05, 0.1) is 25.4 Å². The first-order chi connectivity index (χ1) is 38.7. The van der Waals surface area contributed by atoms with Gasteiger partial charge in [0.2, 0.25) is 5.91 Å². The number of nitrogens with one attached hydrogen (secondary N) is 1. The van der Waals surface area contributed by atoms with Crippen LogP contribution in [0.25, 0.3) is 0 Å². The van der Waals surface area contributed by atoms with Gasteiger partial charge in [0, 0.05) is 6.42 Å². The standard InChI is InChI=1S/C68H117NO10/c1-4-7-10-13-16-19-22-24-26-28-29-30-31-32-33-34-36-38-41-44-47-50-53-56-63(73)79-66-65(75)64(74)62(57-70)78-68(66)77-58-59(60(71)54-51-48-45-42-39-21-18-15-12-9-6-3)69-67(76)61(72)55-52-49-46-43-40-37-35-27-25-23-20-17-14-11-8-5-2/h8,11,14,17,20,23-27,35,37,40,43,51,54,59-62,64-66,68,70-72,74-75H,4-7,9-10,12-13,15-16,18-19,21-22,28-34,36,38-39,41-42,44-50,52-53,55-58H2,1-3H3,(H,69,76)/b11-8-,17-14+,23-20+,26-24+,27-25-,37-35+,43-40+,54-51+. The number of hydrogen-bond acceptors (Lipinski definition) is 10. The summed E-state index contributed by atoms with van der Waals surface area (Å²) in [5.74, 6) is -1.24. The lowest BCUT2D eigenvalue weighted by molar-refractivity contribution is -0.305. The molecule has 1 saturated heterocycles. The maximum absolute atomic E-state index is 13.4. The molecule has 8 atom stereocenters. The molecule has 0 radical (unpaired) electrons. The van der Waals surface area contributed by atoms with Crippen molar-refractivity contribution >= 4 is 11.9 Å². The lowest BCUT2D eigenvalue weighted by Gasteiger charge is -2.41. The van der Waals surface area contributed by atoms with Crippen LogP contribution in [0.2, 0.25) is 0 Å². The summed E-state index contributed by atoms with van der Waals surface area (Å²) in [6, 6.07) is -1.05. The topological polar surface area (TPSA) is 175 Å². The first kappa shape index (κ1) is 73.6. The van der Waals surface area contributed by atoms with E-state index in [-0.39, 0.29) is 19.4 Å². The lowest BCUT2D eigenvalue weighted by atomic mass is 9.99. The Hall–Kier alpha value is -3.42. The predicted octanol–water partition coefficient (Wildman–Crippen LogP) is 15.5. The van der Waals surface area contributed by atoms with Crippen LogP contribution in [-0.2, 0) is 23.8 Å². The first-order valence-electron chi connectivity index (χ1n) is 32.1. The van der Waals surface area contributed by atoms with E-state index < -0.39 is 67.4 Å². The summed E-state index contributed by atoms with van der Waals surface area (Å²) >= 11 is 0. The Bertz CT molecular complexity index is 1650. The summed E-state index contributed by atoms with van der Waals surface area (Å²) in [5.41, 5.74) is 0. The maximum Gasteiger partial charge on any atom is 0.306 e. The third-order valence-electron chi connectivity index (χ3n) is 14.6. The van der Waals surface area contributed by atoms with Gasteiger partial charge in [0.25, 0.3) is 0 Å². The summed E-state index contributed by atoms with van der Waals surface area (Å²) in [6.45, 7) is 5.61. The molecule has 0 saturated carbocycles. The number of carbonyl (C=O) groups excluding carboxylic acids is 2. The number of hydrogen-bond donors (Lipinski definition) is 6. The minimum absolute atomic E-state index is 0.114. The highest BCUT2D eigenvalue weighted by atomic mass is 16.7. The molecular formula is C68H117NO10. The molecule has 454 valence electrons. The number of aliphatic hydroxyl groups is 5. The summed E-state index contributed by atoms with van der Waals surface area (Å²) in [4.78, 5) is 26.5. The molecule has 79 heavy (non-hydrogen) atoms. The highest BCUT2D eigenvalue weighted by molar-refractivity contribution is 5.80. The second-order valence-corrected chi connectivity index (χ2v) is 21.9. The molecular weight excluding hydrogens is 991 g/mol. The average Bonchev–Trinajstić information content (AvgIpc) is 3.45. The molecule has 8 unspecified atom stereocenters.